The van der Waals surface area contributed by atoms with Crippen LogP contribution in [0.25, 0.3) is 22.6 Å². The van der Waals surface area contributed by atoms with Gasteiger partial charge in [-0.2, -0.15) is 0 Å². The highest BCUT2D eigenvalue weighted by atomic mass is 35.5. The lowest BCUT2D eigenvalue weighted by Crippen LogP contribution is -2.14. The van der Waals surface area contributed by atoms with E-state index >= 15 is 0 Å². The average Bonchev–Trinajstić information content (AvgIpc) is 2.49. The highest BCUT2D eigenvalue weighted by Gasteiger charge is 2.08. The van der Waals surface area contributed by atoms with E-state index < -0.39 is 0 Å². The van der Waals surface area contributed by atoms with E-state index in [2.05, 4.69) is 20.2 Å². The number of benzene rings is 1. The van der Waals surface area contributed by atoms with Crippen molar-refractivity contribution in [2.24, 2.45) is 0 Å². The molecule has 0 fully saturated rings. The first-order valence-electron chi connectivity index (χ1n) is 5.87. The second kappa shape index (κ2) is 5.22. The van der Waals surface area contributed by atoms with Crippen molar-refractivity contribution >= 4 is 11.6 Å². The molecule has 0 saturated heterocycles. The third-order valence-electron chi connectivity index (χ3n) is 2.75. The molecule has 0 unspecified atom stereocenters. The topological polar surface area (TPSA) is 71.5 Å². The summed E-state index contributed by atoms with van der Waals surface area (Å²) in [6, 6.07) is 10.4. The first kappa shape index (κ1) is 12.5. The molecule has 5 nitrogen and oxygen atoms in total. The van der Waals surface area contributed by atoms with Gasteiger partial charge in [0.25, 0.3) is 5.56 Å². The molecule has 1 N–H and O–H groups in total. The number of aromatic nitrogens is 4. The van der Waals surface area contributed by atoms with Crippen LogP contribution in [0.1, 0.15) is 0 Å². The van der Waals surface area contributed by atoms with Gasteiger partial charge in [-0.15, -0.1) is 10.2 Å². The Bertz CT molecular complexity index is 784. The quantitative estimate of drug-likeness (QED) is 0.785. The largest absolute Gasteiger partial charge is 0.303 e. The summed E-state index contributed by atoms with van der Waals surface area (Å²) >= 11 is 5.82. The Morgan fingerprint density at radius 3 is 2.45 bits per heavy atom. The van der Waals surface area contributed by atoms with Crippen LogP contribution in [-0.4, -0.2) is 20.2 Å². The van der Waals surface area contributed by atoms with E-state index in [-0.39, 0.29) is 11.3 Å². The monoisotopic (exact) mass is 284 g/mol. The van der Waals surface area contributed by atoms with Gasteiger partial charge in [-0.05, 0) is 24.3 Å². The Labute approximate surface area is 119 Å². The minimum atomic E-state index is -0.304. The maximum absolute atomic E-state index is 12.1. The Hall–Kier alpha value is -2.53. The first-order chi connectivity index (χ1) is 9.74. The van der Waals surface area contributed by atoms with Crippen molar-refractivity contribution < 1.29 is 0 Å². The summed E-state index contributed by atoms with van der Waals surface area (Å²) in [5.41, 5.74) is 1.33. The van der Waals surface area contributed by atoms with E-state index in [4.69, 9.17) is 11.6 Å². The number of nitrogens with zero attached hydrogens (tertiary/aromatic N) is 3. The Balaban J connectivity index is 2.04. The summed E-state index contributed by atoms with van der Waals surface area (Å²) in [6.07, 6.45) is 3.26. The van der Waals surface area contributed by atoms with Crippen LogP contribution >= 0.6 is 11.6 Å². The lowest BCUT2D eigenvalue weighted by atomic mass is 10.2. The van der Waals surface area contributed by atoms with Gasteiger partial charge in [0.15, 0.2) is 11.5 Å². The molecule has 0 aliphatic rings. The van der Waals surface area contributed by atoms with Gasteiger partial charge in [-0.1, -0.05) is 23.7 Å². The molecule has 3 rings (SSSR count). The fourth-order valence-corrected chi connectivity index (χ4v) is 1.89. The summed E-state index contributed by atoms with van der Waals surface area (Å²) in [6.45, 7) is 0. The van der Waals surface area contributed by atoms with Gasteiger partial charge in [0, 0.05) is 28.5 Å². The molecule has 0 atom stereocenters. The van der Waals surface area contributed by atoms with Crippen LogP contribution in [0.5, 0.6) is 0 Å². The molecule has 0 saturated carbocycles. The summed E-state index contributed by atoms with van der Waals surface area (Å²) in [7, 11) is 0. The third kappa shape index (κ3) is 2.44. The maximum Gasteiger partial charge on any atom is 0.278 e. The van der Waals surface area contributed by atoms with Gasteiger partial charge in [-0.3, -0.25) is 9.78 Å². The van der Waals surface area contributed by atoms with E-state index in [1.54, 1.807) is 48.8 Å². The molecule has 2 aromatic heterocycles. The Kier molecular flexibility index (Phi) is 3.26. The zero-order chi connectivity index (χ0) is 13.9. The molecule has 3 aromatic rings. The summed E-state index contributed by atoms with van der Waals surface area (Å²) < 4.78 is 0. The van der Waals surface area contributed by atoms with Gasteiger partial charge >= 0.3 is 0 Å². The molecule has 0 bridgehead atoms. The fraction of sp³-hybridized carbons (Fsp3) is 0. The molecular weight excluding hydrogens is 276 g/mol. The van der Waals surface area contributed by atoms with Crippen molar-refractivity contribution in [1.29, 1.82) is 0 Å². The van der Waals surface area contributed by atoms with Crippen molar-refractivity contribution in [2.75, 3.05) is 0 Å². The highest BCUT2D eigenvalue weighted by molar-refractivity contribution is 6.30. The molecule has 0 amide bonds. The van der Waals surface area contributed by atoms with E-state index in [0.717, 1.165) is 0 Å². The minimum absolute atomic E-state index is 0.259. The minimum Gasteiger partial charge on any atom is -0.303 e. The smallest absolute Gasteiger partial charge is 0.278 e. The molecule has 1 aromatic carbocycles. The van der Waals surface area contributed by atoms with Crippen LogP contribution in [0, 0.1) is 0 Å². The predicted molar refractivity (Wildman–Crippen MR) is 76.3 cm³/mol. The van der Waals surface area contributed by atoms with Crippen LogP contribution in [0.2, 0.25) is 5.02 Å². The molecule has 98 valence electrons. The number of rotatable bonds is 2. The normalized spacial score (nSPS) is 10.4. The Morgan fingerprint density at radius 1 is 1.00 bits per heavy atom. The third-order valence-corrected chi connectivity index (χ3v) is 3.00. The summed E-state index contributed by atoms with van der Waals surface area (Å²) in [4.78, 5) is 18.8. The number of hydrogen-bond donors (Lipinski definition) is 1. The van der Waals surface area contributed by atoms with Crippen molar-refractivity contribution in [3.63, 3.8) is 0 Å². The first-order valence-corrected chi connectivity index (χ1v) is 6.25. The van der Waals surface area contributed by atoms with E-state index in [0.29, 0.717) is 22.0 Å². The van der Waals surface area contributed by atoms with Crippen LogP contribution in [0.3, 0.4) is 0 Å². The fourth-order valence-electron chi connectivity index (χ4n) is 1.77. The van der Waals surface area contributed by atoms with Crippen molar-refractivity contribution in [1.82, 2.24) is 20.2 Å². The lowest BCUT2D eigenvalue weighted by molar-refractivity contribution is 0.961. The van der Waals surface area contributed by atoms with Crippen molar-refractivity contribution in [3.8, 4) is 22.6 Å². The number of H-pyrrole nitrogens is 1. The molecule has 0 radical (unpaired) electrons. The number of nitrogens with one attached hydrogen (secondary N) is 1. The zero-order valence-corrected chi connectivity index (χ0v) is 11.0. The molecule has 6 heteroatoms. The standard InChI is InChI=1S/C14H9ClN4O/c15-11-5-3-9(4-6-11)12-14(20)17-13(19-18-12)10-2-1-7-16-8-10/h1-8H,(H,17,19,20). The maximum atomic E-state index is 12.1. The van der Waals surface area contributed by atoms with E-state index in [1.165, 1.54) is 0 Å². The molecular formula is C14H9ClN4O. The number of aromatic amines is 1. The highest BCUT2D eigenvalue weighted by Crippen LogP contribution is 2.17. The molecule has 0 spiro atoms. The Morgan fingerprint density at radius 2 is 1.80 bits per heavy atom. The van der Waals surface area contributed by atoms with E-state index in [9.17, 15) is 4.79 Å². The van der Waals surface area contributed by atoms with Gasteiger partial charge in [-0.25, -0.2) is 0 Å². The SMILES string of the molecule is O=c1[nH]c(-c2cccnc2)nnc1-c1ccc(Cl)cc1. The van der Waals surface area contributed by atoms with Crippen molar-refractivity contribution in [3.05, 3.63) is 64.2 Å². The van der Waals surface area contributed by atoms with Crippen LogP contribution in [0.15, 0.2) is 53.6 Å². The van der Waals surface area contributed by atoms with Crippen LogP contribution in [0.4, 0.5) is 0 Å². The number of halogens is 1. The molecule has 0 aliphatic heterocycles. The number of hydrogen-bond acceptors (Lipinski definition) is 4. The van der Waals surface area contributed by atoms with Gasteiger partial charge in [0.2, 0.25) is 0 Å². The second-order valence-electron chi connectivity index (χ2n) is 4.10. The summed E-state index contributed by atoms with van der Waals surface area (Å²) in [5, 5.41) is 8.62. The lowest BCUT2D eigenvalue weighted by Gasteiger charge is -2.02. The van der Waals surface area contributed by atoms with E-state index in [1.807, 2.05) is 0 Å². The molecule has 2 heterocycles. The average molecular weight is 285 g/mol. The second-order valence-corrected chi connectivity index (χ2v) is 4.54. The summed E-state index contributed by atoms with van der Waals surface area (Å²) in [5.74, 6) is 0.390. The van der Waals surface area contributed by atoms with Crippen LogP contribution < -0.4 is 5.56 Å². The molecule has 0 aliphatic carbocycles. The molecule has 20 heavy (non-hydrogen) atoms. The van der Waals surface area contributed by atoms with Gasteiger partial charge in [0.1, 0.15) is 0 Å². The predicted octanol–water partition coefficient (Wildman–Crippen LogP) is 2.55. The van der Waals surface area contributed by atoms with Crippen molar-refractivity contribution in [2.45, 2.75) is 0 Å². The number of pyridine rings is 1. The van der Waals surface area contributed by atoms with Gasteiger partial charge in [0.05, 0.1) is 0 Å². The zero-order valence-electron chi connectivity index (χ0n) is 10.2. The van der Waals surface area contributed by atoms with Crippen LogP contribution in [-0.2, 0) is 0 Å². The van der Waals surface area contributed by atoms with Gasteiger partial charge < -0.3 is 4.98 Å².